The molecule has 0 amide bonds. The van der Waals surface area contributed by atoms with Gasteiger partial charge >= 0.3 is 0 Å². The number of rotatable bonds is 0. The molecule has 0 aromatic heterocycles. The predicted molar refractivity (Wildman–Crippen MR) is 41.5 cm³/mol. The summed E-state index contributed by atoms with van der Waals surface area (Å²) < 4.78 is 5.31. The van der Waals surface area contributed by atoms with Gasteiger partial charge in [0.1, 0.15) is 6.73 Å². The van der Waals surface area contributed by atoms with Crippen molar-refractivity contribution in [2.75, 3.05) is 20.4 Å². The molecule has 0 saturated carbocycles. The molecule has 0 saturated heterocycles. The van der Waals surface area contributed by atoms with Gasteiger partial charge in [0.25, 0.3) is 0 Å². The maximum absolute atomic E-state index is 5.31. The first-order chi connectivity index (χ1) is 4.79. The Kier molecular flexibility index (Phi) is 2.51. The Morgan fingerprint density at radius 1 is 1.60 bits per heavy atom. The lowest BCUT2D eigenvalue weighted by molar-refractivity contribution is 0.0806. The summed E-state index contributed by atoms with van der Waals surface area (Å²) in [6.07, 6.45) is 6.11. The fraction of sp³-hybridized carbons (Fsp3) is 0.500. The molecule has 1 rings (SSSR count). The Morgan fingerprint density at radius 2 is 2.40 bits per heavy atom. The van der Waals surface area contributed by atoms with E-state index in [1.54, 1.807) is 0 Å². The van der Waals surface area contributed by atoms with Crippen LogP contribution in [0.1, 0.15) is 6.92 Å². The van der Waals surface area contributed by atoms with E-state index in [-0.39, 0.29) is 0 Å². The maximum Gasteiger partial charge on any atom is 0.118 e. The van der Waals surface area contributed by atoms with Gasteiger partial charge in [0, 0.05) is 13.2 Å². The molecule has 1 aliphatic rings. The fourth-order valence-corrected chi connectivity index (χ4v) is 0.796. The predicted octanol–water partition coefficient (Wildman–Crippen LogP) is 1.37. The molecule has 0 fully saturated rings. The van der Waals surface area contributed by atoms with Crippen LogP contribution >= 0.6 is 0 Å². The quantitative estimate of drug-likeness (QED) is 0.502. The summed E-state index contributed by atoms with van der Waals surface area (Å²) in [5.74, 6) is 0. The van der Waals surface area contributed by atoms with Crippen LogP contribution in [0, 0.1) is 0 Å². The van der Waals surface area contributed by atoms with E-state index < -0.39 is 0 Å². The zero-order chi connectivity index (χ0) is 7.40. The average molecular weight is 139 g/mol. The van der Waals surface area contributed by atoms with E-state index in [0.29, 0.717) is 6.73 Å². The van der Waals surface area contributed by atoms with Crippen molar-refractivity contribution in [3.05, 3.63) is 23.9 Å². The molecule has 0 spiro atoms. The lowest BCUT2D eigenvalue weighted by Gasteiger charge is -2.15. The minimum absolute atomic E-state index is 0.682. The van der Waals surface area contributed by atoms with Crippen LogP contribution in [0.3, 0.4) is 0 Å². The highest BCUT2D eigenvalue weighted by molar-refractivity contribution is 5.10. The highest BCUT2D eigenvalue weighted by Gasteiger charge is 1.94. The average Bonchev–Trinajstić information content (AvgIpc) is 1.84. The minimum Gasteiger partial charge on any atom is -0.358 e. The molecule has 0 aromatic rings. The third kappa shape index (κ3) is 2.23. The summed E-state index contributed by atoms with van der Waals surface area (Å²) in [5.41, 5.74) is 1.27. The minimum atomic E-state index is 0.682. The molecule has 1 aliphatic heterocycles. The number of hydrogen-bond donors (Lipinski definition) is 0. The smallest absolute Gasteiger partial charge is 0.118 e. The summed E-state index contributed by atoms with van der Waals surface area (Å²) in [5, 5.41) is 0. The van der Waals surface area contributed by atoms with E-state index in [0.717, 1.165) is 6.61 Å². The lowest BCUT2D eigenvalue weighted by atomic mass is 10.3. The third-order valence-electron chi connectivity index (χ3n) is 1.35. The second-order valence-electron chi connectivity index (χ2n) is 2.59. The Labute approximate surface area is 61.8 Å². The number of nitrogens with zero attached hydrogens (tertiary/aromatic N) is 1. The van der Waals surface area contributed by atoms with Crippen molar-refractivity contribution in [2.24, 2.45) is 0 Å². The van der Waals surface area contributed by atoms with Crippen LogP contribution in [0.25, 0.3) is 0 Å². The summed E-state index contributed by atoms with van der Waals surface area (Å²) in [4.78, 5) is 2.00. The van der Waals surface area contributed by atoms with Crippen LogP contribution in [-0.4, -0.2) is 25.3 Å². The highest BCUT2D eigenvalue weighted by atomic mass is 16.5. The molecule has 0 aliphatic carbocycles. The van der Waals surface area contributed by atoms with E-state index >= 15 is 0 Å². The van der Waals surface area contributed by atoms with E-state index in [1.807, 2.05) is 24.2 Å². The zero-order valence-corrected chi connectivity index (χ0v) is 6.50. The van der Waals surface area contributed by atoms with E-state index in [2.05, 4.69) is 13.0 Å². The molecule has 0 radical (unpaired) electrons. The van der Waals surface area contributed by atoms with Crippen LogP contribution in [0.2, 0.25) is 0 Å². The van der Waals surface area contributed by atoms with Gasteiger partial charge in [-0.2, -0.15) is 0 Å². The van der Waals surface area contributed by atoms with Gasteiger partial charge in [0.2, 0.25) is 0 Å². The molecule has 2 nitrogen and oxygen atoms in total. The second-order valence-corrected chi connectivity index (χ2v) is 2.59. The molecule has 0 bridgehead atoms. The molecule has 0 aromatic carbocycles. The Balaban J connectivity index is 2.55. The zero-order valence-electron chi connectivity index (χ0n) is 6.50. The van der Waals surface area contributed by atoms with Gasteiger partial charge in [-0.05, 0) is 18.6 Å². The van der Waals surface area contributed by atoms with E-state index in [4.69, 9.17) is 4.74 Å². The van der Waals surface area contributed by atoms with Gasteiger partial charge in [-0.25, -0.2) is 0 Å². The molecular formula is C8H13NO. The van der Waals surface area contributed by atoms with Crippen LogP contribution in [0.5, 0.6) is 0 Å². The van der Waals surface area contributed by atoms with Crippen molar-refractivity contribution < 1.29 is 4.74 Å². The lowest BCUT2D eigenvalue weighted by Crippen LogP contribution is -2.16. The van der Waals surface area contributed by atoms with Crippen LogP contribution in [-0.2, 0) is 4.74 Å². The normalized spacial score (nSPS) is 19.8. The van der Waals surface area contributed by atoms with Crippen LogP contribution < -0.4 is 0 Å². The molecule has 1 heterocycles. The highest BCUT2D eigenvalue weighted by Crippen LogP contribution is 1.99. The topological polar surface area (TPSA) is 12.5 Å². The van der Waals surface area contributed by atoms with Gasteiger partial charge in [0.15, 0.2) is 0 Å². The molecule has 0 N–H and O–H groups in total. The van der Waals surface area contributed by atoms with Crippen molar-refractivity contribution in [3.8, 4) is 0 Å². The summed E-state index contributed by atoms with van der Waals surface area (Å²) in [6.45, 7) is 3.49. The first-order valence-corrected chi connectivity index (χ1v) is 3.41. The summed E-state index contributed by atoms with van der Waals surface area (Å²) in [6, 6.07) is 0. The largest absolute Gasteiger partial charge is 0.358 e. The van der Waals surface area contributed by atoms with Crippen molar-refractivity contribution in [1.82, 2.24) is 4.90 Å². The second kappa shape index (κ2) is 3.42. The van der Waals surface area contributed by atoms with Gasteiger partial charge in [-0.3, -0.25) is 0 Å². The molecule has 2 heteroatoms. The van der Waals surface area contributed by atoms with Crippen molar-refractivity contribution in [2.45, 2.75) is 6.92 Å². The standard InChI is InChI=1S/C8H13NO/c1-8-4-3-5-9(2)7-10-6-8/h3-5H,6-7H2,1-2H3. The van der Waals surface area contributed by atoms with E-state index in [1.165, 1.54) is 5.57 Å². The Morgan fingerprint density at radius 3 is 3.20 bits per heavy atom. The molecule has 0 atom stereocenters. The first kappa shape index (κ1) is 7.35. The summed E-state index contributed by atoms with van der Waals surface area (Å²) in [7, 11) is 1.99. The SMILES string of the molecule is CC1=CC=CN(C)COC1. The number of ether oxygens (including phenoxy) is 1. The first-order valence-electron chi connectivity index (χ1n) is 3.41. The molecular weight excluding hydrogens is 126 g/mol. The van der Waals surface area contributed by atoms with Crippen molar-refractivity contribution in [1.29, 1.82) is 0 Å². The number of allylic oxidation sites excluding steroid dienone is 2. The summed E-state index contributed by atoms with van der Waals surface area (Å²) >= 11 is 0. The Bertz CT molecular complexity index is 161. The monoisotopic (exact) mass is 139 g/mol. The fourth-order valence-electron chi connectivity index (χ4n) is 0.796. The number of hydrogen-bond acceptors (Lipinski definition) is 2. The van der Waals surface area contributed by atoms with Gasteiger partial charge < -0.3 is 9.64 Å². The van der Waals surface area contributed by atoms with Gasteiger partial charge in [0.05, 0.1) is 6.61 Å². The molecule has 10 heavy (non-hydrogen) atoms. The maximum atomic E-state index is 5.31. The van der Waals surface area contributed by atoms with Crippen LogP contribution in [0.4, 0.5) is 0 Å². The van der Waals surface area contributed by atoms with Crippen molar-refractivity contribution in [3.63, 3.8) is 0 Å². The third-order valence-corrected chi connectivity index (χ3v) is 1.35. The Hall–Kier alpha value is -0.760. The van der Waals surface area contributed by atoms with E-state index in [9.17, 15) is 0 Å². The van der Waals surface area contributed by atoms with Crippen LogP contribution in [0.15, 0.2) is 23.9 Å². The van der Waals surface area contributed by atoms with Crippen molar-refractivity contribution >= 4 is 0 Å². The van der Waals surface area contributed by atoms with Gasteiger partial charge in [-0.15, -0.1) is 0 Å². The molecule has 56 valence electrons. The van der Waals surface area contributed by atoms with Gasteiger partial charge in [-0.1, -0.05) is 6.08 Å². The molecule has 0 unspecified atom stereocenters.